The van der Waals surface area contributed by atoms with E-state index in [0.29, 0.717) is 12.8 Å². The van der Waals surface area contributed by atoms with Crippen LogP contribution in [0.4, 0.5) is 0 Å². The van der Waals surface area contributed by atoms with E-state index in [-0.39, 0.29) is 5.78 Å². The van der Waals surface area contributed by atoms with E-state index in [9.17, 15) is 9.90 Å². The standard InChI is InChI=1S/C10H10O2/c11-9-6-7-10(9,12)8-4-2-1-3-5-8/h1-5,12H,6-7H2/t10-/m0/s1. The Bertz CT molecular complexity index is 305. The van der Waals surface area contributed by atoms with Crippen LogP contribution in [-0.2, 0) is 10.4 Å². The number of aliphatic hydroxyl groups is 1. The predicted molar refractivity (Wildman–Crippen MR) is 44.6 cm³/mol. The van der Waals surface area contributed by atoms with Gasteiger partial charge in [0.2, 0.25) is 0 Å². The third-order valence-corrected chi connectivity index (χ3v) is 2.43. The second kappa shape index (κ2) is 2.42. The summed E-state index contributed by atoms with van der Waals surface area (Å²) in [5.41, 5.74) is -0.442. The van der Waals surface area contributed by atoms with Crippen molar-refractivity contribution in [2.45, 2.75) is 18.4 Å². The zero-order valence-electron chi connectivity index (χ0n) is 6.66. The molecular weight excluding hydrogens is 152 g/mol. The Labute approximate surface area is 70.8 Å². The van der Waals surface area contributed by atoms with Gasteiger partial charge in [-0.3, -0.25) is 4.79 Å². The number of carbonyl (C=O) groups excluding carboxylic acids is 1. The highest BCUT2D eigenvalue weighted by atomic mass is 16.3. The Kier molecular flexibility index (Phi) is 1.51. The zero-order valence-corrected chi connectivity index (χ0v) is 6.66. The van der Waals surface area contributed by atoms with Gasteiger partial charge < -0.3 is 5.11 Å². The van der Waals surface area contributed by atoms with Crippen LogP contribution in [0, 0.1) is 0 Å². The molecule has 2 heteroatoms. The zero-order chi connectivity index (χ0) is 8.60. The maximum Gasteiger partial charge on any atom is 0.169 e. The molecule has 0 amide bonds. The minimum absolute atomic E-state index is 0.0614. The van der Waals surface area contributed by atoms with Crippen molar-refractivity contribution in [1.29, 1.82) is 0 Å². The molecule has 0 aromatic heterocycles. The number of rotatable bonds is 1. The molecule has 1 saturated carbocycles. The molecule has 1 aromatic carbocycles. The first kappa shape index (κ1) is 7.50. The van der Waals surface area contributed by atoms with Gasteiger partial charge >= 0.3 is 0 Å². The summed E-state index contributed by atoms with van der Waals surface area (Å²) in [5.74, 6) is -0.0614. The van der Waals surface area contributed by atoms with E-state index < -0.39 is 5.60 Å². The predicted octanol–water partition coefficient (Wildman–Crippen LogP) is 1.24. The van der Waals surface area contributed by atoms with Crippen molar-refractivity contribution in [3.8, 4) is 0 Å². The molecule has 0 heterocycles. The highest BCUT2D eigenvalue weighted by Gasteiger charge is 2.45. The van der Waals surface area contributed by atoms with Crippen LogP contribution < -0.4 is 0 Å². The van der Waals surface area contributed by atoms with Crippen LogP contribution in [0.15, 0.2) is 30.3 Å². The third-order valence-electron chi connectivity index (χ3n) is 2.43. The van der Waals surface area contributed by atoms with Gasteiger partial charge in [-0.1, -0.05) is 30.3 Å². The van der Waals surface area contributed by atoms with Gasteiger partial charge in [-0.05, 0) is 12.0 Å². The van der Waals surface area contributed by atoms with Crippen molar-refractivity contribution in [2.75, 3.05) is 0 Å². The van der Waals surface area contributed by atoms with Crippen molar-refractivity contribution < 1.29 is 9.90 Å². The Morgan fingerprint density at radius 1 is 1.25 bits per heavy atom. The maximum absolute atomic E-state index is 11.1. The lowest BCUT2D eigenvalue weighted by Crippen LogP contribution is -2.44. The third kappa shape index (κ3) is 0.883. The minimum Gasteiger partial charge on any atom is -0.377 e. The van der Waals surface area contributed by atoms with Crippen molar-refractivity contribution in [2.24, 2.45) is 0 Å². The average Bonchev–Trinajstić information content (AvgIpc) is 2.16. The lowest BCUT2D eigenvalue weighted by Gasteiger charge is -2.34. The van der Waals surface area contributed by atoms with Crippen molar-refractivity contribution >= 4 is 5.78 Å². The number of hydrogen-bond acceptors (Lipinski definition) is 2. The molecule has 1 aliphatic carbocycles. The Hall–Kier alpha value is -1.15. The van der Waals surface area contributed by atoms with Crippen LogP contribution in [0.2, 0.25) is 0 Å². The van der Waals surface area contributed by atoms with E-state index in [0.717, 1.165) is 5.56 Å². The number of ketones is 1. The van der Waals surface area contributed by atoms with Crippen LogP contribution in [0.1, 0.15) is 18.4 Å². The molecule has 1 atom stereocenters. The van der Waals surface area contributed by atoms with Gasteiger partial charge in [0.25, 0.3) is 0 Å². The van der Waals surface area contributed by atoms with Crippen LogP contribution in [0.5, 0.6) is 0 Å². The first-order chi connectivity index (χ1) is 5.73. The maximum atomic E-state index is 11.1. The van der Waals surface area contributed by atoms with Gasteiger partial charge in [0.05, 0.1) is 0 Å². The van der Waals surface area contributed by atoms with Gasteiger partial charge in [-0.15, -0.1) is 0 Å². The fourth-order valence-electron chi connectivity index (χ4n) is 1.48. The molecule has 1 aromatic rings. The molecule has 0 radical (unpaired) electrons. The fourth-order valence-corrected chi connectivity index (χ4v) is 1.48. The van der Waals surface area contributed by atoms with Gasteiger partial charge in [0.1, 0.15) is 5.60 Å². The molecule has 1 fully saturated rings. The summed E-state index contributed by atoms with van der Waals surface area (Å²) < 4.78 is 0. The summed E-state index contributed by atoms with van der Waals surface area (Å²) in [6, 6.07) is 9.11. The fraction of sp³-hybridized carbons (Fsp3) is 0.300. The topological polar surface area (TPSA) is 37.3 Å². The molecule has 0 aliphatic heterocycles. The van der Waals surface area contributed by atoms with Crippen molar-refractivity contribution in [3.05, 3.63) is 35.9 Å². The SMILES string of the molecule is O=C1CC[C@]1(O)c1ccccc1. The van der Waals surface area contributed by atoms with Gasteiger partial charge in [0.15, 0.2) is 5.78 Å². The van der Waals surface area contributed by atoms with Crippen LogP contribution in [-0.4, -0.2) is 10.9 Å². The highest BCUT2D eigenvalue weighted by Crippen LogP contribution is 2.37. The molecule has 62 valence electrons. The van der Waals surface area contributed by atoms with Gasteiger partial charge in [-0.25, -0.2) is 0 Å². The molecule has 0 bridgehead atoms. The number of Topliss-reactive ketones (excluding diaryl/α,β-unsaturated/α-hetero) is 1. The van der Waals surface area contributed by atoms with E-state index in [1.807, 2.05) is 18.2 Å². The molecule has 0 unspecified atom stereocenters. The Balaban J connectivity index is 2.37. The molecule has 12 heavy (non-hydrogen) atoms. The first-order valence-electron chi connectivity index (χ1n) is 4.05. The first-order valence-corrected chi connectivity index (χ1v) is 4.05. The summed E-state index contributed by atoms with van der Waals surface area (Å²) in [6.07, 6.45) is 1.07. The van der Waals surface area contributed by atoms with Crippen LogP contribution >= 0.6 is 0 Å². The molecule has 2 nitrogen and oxygen atoms in total. The highest BCUT2D eigenvalue weighted by molar-refractivity contribution is 5.93. The van der Waals surface area contributed by atoms with Gasteiger partial charge in [-0.2, -0.15) is 0 Å². The number of carbonyl (C=O) groups is 1. The van der Waals surface area contributed by atoms with Crippen molar-refractivity contribution in [3.63, 3.8) is 0 Å². The second-order valence-electron chi connectivity index (χ2n) is 3.15. The van der Waals surface area contributed by atoms with Gasteiger partial charge in [0, 0.05) is 6.42 Å². The Morgan fingerprint density at radius 2 is 1.92 bits per heavy atom. The smallest absolute Gasteiger partial charge is 0.169 e. The summed E-state index contributed by atoms with van der Waals surface area (Å²) in [6.45, 7) is 0. The molecule has 1 aliphatic rings. The Morgan fingerprint density at radius 3 is 2.33 bits per heavy atom. The number of hydrogen-bond donors (Lipinski definition) is 1. The normalized spacial score (nSPS) is 28.2. The van der Waals surface area contributed by atoms with Crippen molar-refractivity contribution in [1.82, 2.24) is 0 Å². The van der Waals surface area contributed by atoms with E-state index in [1.165, 1.54) is 0 Å². The molecular formula is C10H10O2. The summed E-state index contributed by atoms with van der Waals surface area (Å²) in [7, 11) is 0. The summed E-state index contributed by atoms with van der Waals surface area (Å²) in [5, 5.41) is 9.80. The summed E-state index contributed by atoms with van der Waals surface area (Å²) >= 11 is 0. The molecule has 2 rings (SSSR count). The number of benzene rings is 1. The monoisotopic (exact) mass is 162 g/mol. The van der Waals surface area contributed by atoms with Crippen LogP contribution in [0.25, 0.3) is 0 Å². The molecule has 0 saturated heterocycles. The van der Waals surface area contributed by atoms with E-state index in [1.54, 1.807) is 12.1 Å². The van der Waals surface area contributed by atoms with E-state index >= 15 is 0 Å². The van der Waals surface area contributed by atoms with E-state index in [2.05, 4.69) is 0 Å². The second-order valence-corrected chi connectivity index (χ2v) is 3.15. The largest absolute Gasteiger partial charge is 0.377 e. The lowest BCUT2D eigenvalue weighted by molar-refractivity contribution is -0.151. The quantitative estimate of drug-likeness (QED) is 0.674. The average molecular weight is 162 g/mol. The van der Waals surface area contributed by atoms with E-state index in [4.69, 9.17) is 0 Å². The van der Waals surface area contributed by atoms with Crippen LogP contribution in [0.3, 0.4) is 0 Å². The lowest BCUT2D eigenvalue weighted by atomic mass is 9.74. The summed E-state index contributed by atoms with van der Waals surface area (Å²) in [4.78, 5) is 11.1. The molecule has 0 spiro atoms. The minimum atomic E-state index is -1.17. The molecule has 1 N–H and O–H groups in total.